The summed E-state index contributed by atoms with van der Waals surface area (Å²) in [6.07, 6.45) is 0.674. The van der Waals surface area contributed by atoms with Gasteiger partial charge in [-0.15, -0.1) is 20.4 Å². The summed E-state index contributed by atoms with van der Waals surface area (Å²) in [6, 6.07) is 3.48. The molecule has 0 spiro atoms. The number of hydrogen-bond acceptors (Lipinski definition) is 10. The van der Waals surface area contributed by atoms with Crippen molar-refractivity contribution in [1.29, 1.82) is 0 Å². The highest BCUT2D eigenvalue weighted by atomic mass is 32.2. The monoisotopic (exact) mass is 448 g/mol. The molecule has 0 saturated heterocycles. The van der Waals surface area contributed by atoms with Crippen molar-refractivity contribution in [2.75, 3.05) is 21.3 Å². The number of thioether (sulfide) groups is 1. The van der Waals surface area contributed by atoms with E-state index >= 15 is 0 Å². The summed E-state index contributed by atoms with van der Waals surface area (Å²) in [7, 11) is 4.62. The van der Waals surface area contributed by atoms with Crippen molar-refractivity contribution in [2.24, 2.45) is 5.73 Å². The Morgan fingerprint density at radius 2 is 1.81 bits per heavy atom. The van der Waals surface area contributed by atoms with Crippen molar-refractivity contribution < 1.29 is 23.4 Å². The van der Waals surface area contributed by atoms with Gasteiger partial charge in [-0.05, 0) is 19.1 Å². The van der Waals surface area contributed by atoms with Gasteiger partial charge >= 0.3 is 0 Å². The van der Waals surface area contributed by atoms with E-state index in [1.54, 1.807) is 26.4 Å². The van der Waals surface area contributed by atoms with Gasteiger partial charge in [0.25, 0.3) is 0 Å². The van der Waals surface area contributed by atoms with Crippen LogP contribution in [0.2, 0.25) is 0 Å². The second-order valence-corrected chi connectivity index (χ2v) is 7.26. The van der Waals surface area contributed by atoms with Crippen LogP contribution in [-0.4, -0.2) is 52.2 Å². The first kappa shape index (κ1) is 22.4. The second-order valence-electron chi connectivity index (χ2n) is 6.31. The molecule has 0 radical (unpaired) electrons. The lowest BCUT2D eigenvalue weighted by molar-refractivity contribution is -0.118. The van der Waals surface area contributed by atoms with E-state index < -0.39 is 0 Å². The Bertz CT molecular complexity index is 1030. The summed E-state index contributed by atoms with van der Waals surface area (Å²) >= 11 is 1.42. The lowest BCUT2D eigenvalue weighted by Crippen LogP contribution is -2.13. The van der Waals surface area contributed by atoms with Crippen molar-refractivity contribution in [1.82, 2.24) is 25.0 Å². The van der Waals surface area contributed by atoms with Crippen LogP contribution in [0, 0.1) is 0 Å². The third kappa shape index (κ3) is 5.08. The first-order valence-electron chi connectivity index (χ1n) is 9.46. The molecule has 31 heavy (non-hydrogen) atoms. The van der Waals surface area contributed by atoms with Gasteiger partial charge in [0.15, 0.2) is 16.7 Å². The molecule has 0 aliphatic carbocycles. The SMILES string of the molecule is CCn1c(CCC(N)=O)nnc1SCc1nnc(-c2cc(OC)c(OC)c(OC)c2)o1. The van der Waals surface area contributed by atoms with Crippen LogP contribution >= 0.6 is 11.8 Å². The molecule has 2 heterocycles. The number of nitrogens with two attached hydrogens (primary N) is 1. The summed E-state index contributed by atoms with van der Waals surface area (Å²) in [5.41, 5.74) is 5.87. The van der Waals surface area contributed by atoms with Crippen molar-refractivity contribution in [2.45, 2.75) is 37.2 Å². The lowest BCUT2D eigenvalue weighted by atomic mass is 10.2. The van der Waals surface area contributed by atoms with Gasteiger partial charge in [-0.1, -0.05) is 11.8 Å². The Morgan fingerprint density at radius 3 is 2.39 bits per heavy atom. The highest BCUT2D eigenvalue weighted by Crippen LogP contribution is 2.41. The van der Waals surface area contributed by atoms with Gasteiger partial charge in [-0.2, -0.15) is 0 Å². The van der Waals surface area contributed by atoms with Crippen LogP contribution in [0.4, 0.5) is 0 Å². The maximum Gasteiger partial charge on any atom is 0.248 e. The van der Waals surface area contributed by atoms with E-state index in [2.05, 4.69) is 20.4 Å². The van der Waals surface area contributed by atoms with Gasteiger partial charge < -0.3 is 28.9 Å². The zero-order valence-electron chi connectivity index (χ0n) is 17.7. The molecule has 0 atom stereocenters. The first-order valence-corrected chi connectivity index (χ1v) is 10.4. The van der Waals surface area contributed by atoms with Crippen LogP contribution in [-0.2, 0) is 23.5 Å². The average molecular weight is 449 g/mol. The molecule has 1 amide bonds. The largest absolute Gasteiger partial charge is 0.493 e. The molecule has 166 valence electrons. The van der Waals surface area contributed by atoms with Gasteiger partial charge in [0.05, 0.1) is 27.1 Å². The molecule has 3 rings (SSSR count). The number of carbonyl (C=O) groups is 1. The highest BCUT2D eigenvalue weighted by molar-refractivity contribution is 7.98. The number of aromatic nitrogens is 5. The van der Waals surface area contributed by atoms with E-state index in [0.29, 0.717) is 64.3 Å². The maximum atomic E-state index is 11.0. The van der Waals surface area contributed by atoms with Crippen molar-refractivity contribution in [3.05, 3.63) is 23.8 Å². The van der Waals surface area contributed by atoms with Gasteiger partial charge in [-0.3, -0.25) is 4.79 Å². The number of nitrogens with zero attached hydrogens (tertiary/aromatic N) is 5. The summed E-state index contributed by atoms with van der Waals surface area (Å²) in [6.45, 7) is 2.65. The minimum Gasteiger partial charge on any atom is -0.493 e. The van der Waals surface area contributed by atoms with Crippen molar-refractivity contribution >= 4 is 17.7 Å². The molecule has 0 saturated carbocycles. The average Bonchev–Trinajstić information content (AvgIpc) is 3.41. The smallest absolute Gasteiger partial charge is 0.248 e. The number of ether oxygens (including phenoxy) is 3. The Labute approximate surface area is 183 Å². The summed E-state index contributed by atoms with van der Waals surface area (Å²) in [5.74, 6) is 2.97. The molecule has 0 unspecified atom stereocenters. The molecule has 0 fully saturated rings. The maximum absolute atomic E-state index is 11.0. The number of benzene rings is 1. The normalized spacial score (nSPS) is 10.8. The number of methoxy groups -OCH3 is 3. The number of aryl methyl sites for hydroxylation is 1. The molecule has 11 nitrogen and oxygen atoms in total. The molecule has 3 aromatic rings. The zero-order chi connectivity index (χ0) is 22.4. The molecule has 1 aromatic carbocycles. The molecular formula is C19H24N6O5S. The highest BCUT2D eigenvalue weighted by Gasteiger charge is 2.18. The first-order chi connectivity index (χ1) is 15.0. The van der Waals surface area contributed by atoms with E-state index in [1.165, 1.54) is 18.9 Å². The lowest BCUT2D eigenvalue weighted by Gasteiger charge is -2.12. The number of rotatable bonds is 11. The predicted octanol–water partition coefficient (Wildman–Crippen LogP) is 2.08. The fourth-order valence-electron chi connectivity index (χ4n) is 2.92. The van der Waals surface area contributed by atoms with E-state index in [9.17, 15) is 4.79 Å². The Morgan fingerprint density at radius 1 is 1.10 bits per heavy atom. The van der Waals surface area contributed by atoms with E-state index in [4.69, 9.17) is 24.4 Å². The van der Waals surface area contributed by atoms with Gasteiger partial charge in [-0.25, -0.2) is 0 Å². The number of hydrogen-bond donors (Lipinski definition) is 1. The van der Waals surface area contributed by atoms with Gasteiger partial charge in [0, 0.05) is 24.9 Å². The summed E-state index contributed by atoms with van der Waals surface area (Å²) in [5, 5.41) is 17.3. The van der Waals surface area contributed by atoms with E-state index in [-0.39, 0.29) is 12.3 Å². The Hall–Kier alpha value is -3.28. The number of primary amides is 1. The van der Waals surface area contributed by atoms with Crippen LogP contribution in [0.3, 0.4) is 0 Å². The van der Waals surface area contributed by atoms with Crippen LogP contribution in [0.25, 0.3) is 11.5 Å². The zero-order valence-corrected chi connectivity index (χ0v) is 18.6. The van der Waals surface area contributed by atoms with Crippen LogP contribution in [0.15, 0.2) is 21.7 Å². The van der Waals surface area contributed by atoms with Crippen molar-refractivity contribution in [3.63, 3.8) is 0 Å². The van der Waals surface area contributed by atoms with Crippen molar-refractivity contribution in [3.8, 4) is 28.7 Å². The third-order valence-electron chi connectivity index (χ3n) is 4.41. The minimum absolute atomic E-state index is 0.227. The van der Waals surface area contributed by atoms with E-state index in [0.717, 1.165) is 0 Å². The van der Waals surface area contributed by atoms with Crippen LogP contribution < -0.4 is 19.9 Å². The molecular weight excluding hydrogens is 424 g/mol. The number of amides is 1. The standard InChI is InChI=1S/C19H24N6O5S/c1-5-25-15(7-6-14(20)26)21-24-19(25)31-10-16-22-23-18(30-16)11-8-12(27-2)17(29-4)13(9-11)28-3/h8-9H,5-7,10H2,1-4H3,(H2,20,26). The minimum atomic E-state index is -0.370. The topological polar surface area (TPSA) is 140 Å². The quantitative estimate of drug-likeness (QED) is 0.433. The Kier molecular flexibility index (Phi) is 7.34. The summed E-state index contributed by atoms with van der Waals surface area (Å²) in [4.78, 5) is 11.0. The molecule has 12 heteroatoms. The van der Waals surface area contributed by atoms with Crippen LogP contribution in [0.1, 0.15) is 25.1 Å². The fraction of sp³-hybridized carbons (Fsp3) is 0.421. The number of carbonyl (C=O) groups excluding carboxylic acids is 1. The fourth-order valence-corrected chi connectivity index (χ4v) is 3.78. The van der Waals surface area contributed by atoms with Crippen LogP contribution in [0.5, 0.6) is 17.2 Å². The molecule has 0 bridgehead atoms. The van der Waals surface area contributed by atoms with E-state index in [1.807, 2.05) is 11.5 Å². The van der Waals surface area contributed by atoms with Gasteiger partial charge in [0.1, 0.15) is 5.82 Å². The van der Waals surface area contributed by atoms with Gasteiger partial charge in [0.2, 0.25) is 23.4 Å². The Balaban J connectivity index is 1.75. The second kappa shape index (κ2) is 10.2. The molecule has 2 N–H and O–H groups in total. The summed E-state index contributed by atoms with van der Waals surface area (Å²) < 4.78 is 23.8. The third-order valence-corrected chi connectivity index (χ3v) is 5.36. The predicted molar refractivity (Wildman–Crippen MR) is 112 cm³/mol. The molecule has 0 aliphatic rings. The molecule has 2 aromatic heterocycles. The molecule has 0 aliphatic heterocycles.